The first-order valence-electron chi connectivity index (χ1n) is 7.62. The average Bonchev–Trinajstić information content (AvgIpc) is 2.43. The predicted octanol–water partition coefficient (Wildman–Crippen LogP) is 3.06. The van der Waals surface area contributed by atoms with E-state index in [0.717, 1.165) is 38.0 Å². The van der Waals surface area contributed by atoms with Gasteiger partial charge >= 0.3 is 0 Å². The highest BCUT2D eigenvalue weighted by molar-refractivity contribution is 5.47. The molecule has 0 aliphatic carbocycles. The summed E-state index contributed by atoms with van der Waals surface area (Å²) < 4.78 is 0. The molecule has 106 valence electrons. The molecule has 1 saturated heterocycles. The zero-order valence-electron chi connectivity index (χ0n) is 12.5. The molecule has 3 nitrogen and oxygen atoms in total. The quantitative estimate of drug-likeness (QED) is 0.826. The molecular weight excluding hydrogens is 234 g/mol. The van der Waals surface area contributed by atoms with Gasteiger partial charge in [0.05, 0.1) is 0 Å². The van der Waals surface area contributed by atoms with Crippen LogP contribution in [0.1, 0.15) is 39.2 Å². The first-order valence-corrected chi connectivity index (χ1v) is 7.62. The van der Waals surface area contributed by atoms with Crippen LogP contribution in [0.5, 0.6) is 0 Å². The lowest BCUT2D eigenvalue weighted by Crippen LogP contribution is -2.39. The number of hydrogen-bond acceptors (Lipinski definition) is 3. The third-order valence-corrected chi connectivity index (χ3v) is 4.24. The fourth-order valence-corrected chi connectivity index (χ4v) is 2.71. The minimum absolute atomic E-state index is 0.757. The van der Waals surface area contributed by atoms with Gasteiger partial charge in [-0.25, -0.2) is 4.98 Å². The molecule has 1 N–H and O–H groups in total. The van der Waals surface area contributed by atoms with E-state index in [0.29, 0.717) is 0 Å². The topological polar surface area (TPSA) is 28.2 Å². The Hall–Kier alpha value is -1.09. The van der Waals surface area contributed by atoms with Crippen LogP contribution in [-0.4, -0.2) is 24.6 Å². The van der Waals surface area contributed by atoms with Crippen LogP contribution in [0.4, 0.5) is 5.82 Å². The van der Waals surface area contributed by atoms with Crippen LogP contribution in [0, 0.1) is 11.8 Å². The SMILES string of the molecule is CCCNCc1cccnc1N1CCC(C)C(C)C1. The molecule has 19 heavy (non-hydrogen) atoms. The molecule has 2 unspecified atom stereocenters. The second-order valence-electron chi connectivity index (χ2n) is 5.85. The van der Waals surface area contributed by atoms with Crippen LogP contribution >= 0.6 is 0 Å². The molecule has 0 amide bonds. The van der Waals surface area contributed by atoms with Crippen LogP contribution in [0.25, 0.3) is 0 Å². The van der Waals surface area contributed by atoms with E-state index in [4.69, 9.17) is 0 Å². The maximum absolute atomic E-state index is 4.63. The number of nitrogens with zero attached hydrogens (tertiary/aromatic N) is 2. The van der Waals surface area contributed by atoms with Crippen molar-refractivity contribution in [1.29, 1.82) is 0 Å². The monoisotopic (exact) mass is 261 g/mol. The van der Waals surface area contributed by atoms with Crippen molar-refractivity contribution in [2.45, 2.75) is 40.2 Å². The molecule has 3 heteroatoms. The number of anilines is 1. The van der Waals surface area contributed by atoms with E-state index < -0.39 is 0 Å². The Morgan fingerprint density at radius 3 is 2.95 bits per heavy atom. The smallest absolute Gasteiger partial charge is 0.133 e. The third kappa shape index (κ3) is 3.69. The number of rotatable bonds is 5. The van der Waals surface area contributed by atoms with Gasteiger partial charge in [0, 0.05) is 31.4 Å². The first-order chi connectivity index (χ1) is 9.22. The summed E-state index contributed by atoms with van der Waals surface area (Å²) in [6, 6.07) is 4.25. The van der Waals surface area contributed by atoms with Crippen LogP contribution < -0.4 is 10.2 Å². The summed E-state index contributed by atoms with van der Waals surface area (Å²) in [4.78, 5) is 7.09. The third-order valence-electron chi connectivity index (χ3n) is 4.24. The summed E-state index contributed by atoms with van der Waals surface area (Å²) in [5.74, 6) is 2.78. The Bertz CT molecular complexity index is 391. The molecule has 0 saturated carbocycles. The minimum atomic E-state index is 0.757. The fraction of sp³-hybridized carbons (Fsp3) is 0.688. The zero-order chi connectivity index (χ0) is 13.7. The Morgan fingerprint density at radius 2 is 2.21 bits per heavy atom. The molecule has 2 atom stereocenters. The van der Waals surface area contributed by atoms with E-state index in [1.54, 1.807) is 0 Å². The van der Waals surface area contributed by atoms with Crippen molar-refractivity contribution in [3.8, 4) is 0 Å². The van der Waals surface area contributed by atoms with E-state index in [1.165, 1.54) is 24.2 Å². The Kier molecular flexibility index (Phi) is 5.20. The number of aromatic nitrogens is 1. The van der Waals surface area contributed by atoms with Crippen molar-refractivity contribution in [3.05, 3.63) is 23.9 Å². The second kappa shape index (κ2) is 6.90. The molecule has 2 heterocycles. The van der Waals surface area contributed by atoms with Gasteiger partial charge in [-0.05, 0) is 37.3 Å². The highest BCUT2D eigenvalue weighted by Crippen LogP contribution is 2.27. The molecule has 1 fully saturated rings. The lowest BCUT2D eigenvalue weighted by Gasteiger charge is -2.37. The molecule has 1 aromatic heterocycles. The maximum Gasteiger partial charge on any atom is 0.133 e. The van der Waals surface area contributed by atoms with Gasteiger partial charge in [-0.2, -0.15) is 0 Å². The maximum atomic E-state index is 4.63. The largest absolute Gasteiger partial charge is 0.356 e. The van der Waals surface area contributed by atoms with Gasteiger partial charge in [0.25, 0.3) is 0 Å². The summed E-state index contributed by atoms with van der Waals surface area (Å²) in [6.07, 6.45) is 4.37. The molecule has 1 aromatic rings. The zero-order valence-corrected chi connectivity index (χ0v) is 12.5. The molecule has 2 rings (SSSR count). The summed E-state index contributed by atoms with van der Waals surface area (Å²) in [7, 11) is 0. The normalized spacial score (nSPS) is 23.6. The molecule has 1 aliphatic rings. The molecule has 1 aliphatic heterocycles. The van der Waals surface area contributed by atoms with Gasteiger partial charge in [0.2, 0.25) is 0 Å². The second-order valence-corrected chi connectivity index (χ2v) is 5.85. The molecule has 0 aromatic carbocycles. The number of pyridine rings is 1. The van der Waals surface area contributed by atoms with Crippen LogP contribution in [0.3, 0.4) is 0 Å². The van der Waals surface area contributed by atoms with Gasteiger partial charge in [-0.3, -0.25) is 0 Å². The van der Waals surface area contributed by atoms with Crippen LogP contribution in [-0.2, 0) is 6.54 Å². The van der Waals surface area contributed by atoms with Gasteiger partial charge < -0.3 is 10.2 Å². The van der Waals surface area contributed by atoms with Gasteiger partial charge in [-0.1, -0.05) is 26.8 Å². The van der Waals surface area contributed by atoms with E-state index in [1.807, 2.05) is 12.3 Å². The lowest BCUT2D eigenvalue weighted by atomic mass is 9.88. The van der Waals surface area contributed by atoms with Gasteiger partial charge in [-0.15, -0.1) is 0 Å². The first kappa shape index (κ1) is 14.3. The van der Waals surface area contributed by atoms with Crippen molar-refractivity contribution in [2.75, 3.05) is 24.5 Å². The summed E-state index contributed by atoms with van der Waals surface area (Å²) in [5.41, 5.74) is 1.33. The van der Waals surface area contributed by atoms with Gasteiger partial charge in [0.15, 0.2) is 0 Å². The van der Waals surface area contributed by atoms with E-state index in [2.05, 4.69) is 42.0 Å². The van der Waals surface area contributed by atoms with Crippen molar-refractivity contribution < 1.29 is 0 Å². The Labute approximate surface area is 117 Å². The fourth-order valence-electron chi connectivity index (χ4n) is 2.71. The predicted molar refractivity (Wildman–Crippen MR) is 81.4 cm³/mol. The number of piperidine rings is 1. The standard InChI is InChI=1S/C16H27N3/c1-4-8-17-11-15-6-5-9-18-16(15)19-10-7-13(2)14(3)12-19/h5-6,9,13-14,17H,4,7-8,10-12H2,1-3H3. The highest BCUT2D eigenvalue weighted by atomic mass is 15.2. The van der Waals surface area contributed by atoms with E-state index in [9.17, 15) is 0 Å². The van der Waals surface area contributed by atoms with Crippen molar-refractivity contribution in [3.63, 3.8) is 0 Å². The van der Waals surface area contributed by atoms with Crippen molar-refractivity contribution >= 4 is 5.82 Å². The summed E-state index contributed by atoms with van der Waals surface area (Å²) in [5, 5.41) is 3.48. The highest BCUT2D eigenvalue weighted by Gasteiger charge is 2.24. The number of nitrogens with one attached hydrogen (secondary N) is 1. The number of hydrogen-bond donors (Lipinski definition) is 1. The van der Waals surface area contributed by atoms with Crippen molar-refractivity contribution in [2.24, 2.45) is 11.8 Å². The van der Waals surface area contributed by atoms with Crippen molar-refractivity contribution in [1.82, 2.24) is 10.3 Å². The van der Waals surface area contributed by atoms with Crippen LogP contribution in [0.2, 0.25) is 0 Å². The van der Waals surface area contributed by atoms with Crippen LogP contribution in [0.15, 0.2) is 18.3 Å². The molecule has 0 spiro atoms. The summed E-state index contributed by atoms with van der Waals surface area (Å²) in [6.45, 7) is 11.2. The molecule has 0 radical (unpaired) electrons. The summed E-state index contributed by atoms with van der Waals surface area (Å²) >= 11 is 0. The van der Waals surface area contributed by atoms with E-state index in [-0.39, 0.29) is 0 Å². The Balaban J connectivity index is 2.06. The van der Waals surface area contributed by atoms with E-state index >= 15 is 0 Å². The Morgan fingerprint density at radius 1 is 1.37 bits per heavy atom. The average molecular weight is 261 g/mol. The lowest BCUT2D eigenvalue weighted by molar-refractivity contribution is 0.322. The molecule has 0 bridgehead atoms. The molecular formula is C16H27N3. The minimum Gasteiger partial charge on any atom is -0.356 e. The van der Waals surface area contributed by atoms with Gasteiger partial charge in [0.1, 0.15) is 5.82 Å².